The fourth-order valence-electron chi connectivity index (χ4n) is 1.85. The van der Waals surface area contributed by atoms with Gasteiger partial charge in [-0.15, -0.1) is 0 Å². The van der Waals surface area contributed by atoms with Crippen molar-refractivity contribution in [3.8, 4) is 0 Å². The van der Waals surface area contributed by atoms with Crippen LogP contribution >= 0.6 is 0 Å². The number of allylic oxidation sites excluding steroid dienone is 1. The molecule has 0 aliphatic rings. The SMILES string of the molecule is C=C(C)c1c(C)cc(C)cc1C.CC.CC. The zero-order valence-electron chi connectivity index (χ0n) is 12.4. The van der Waals surface area contributed by atoms with E-state index in [1.165, 1.54) is 22.3 Å². The highest BCUT2D eigenvalue weighted by Crippen LogP contribution is 2.22. The maximum absolute atomic E-state index is 3.98. The normalized spacial score (nSPS) is 8.25. The molecule has 16 heavy (non-hydrogen) atoms. The zero-order chi connectivity index (χ0) is 13.3. The number of rotatable bonds is 1. The molecule has 0 spiro atoms. The molecular weight excluding hydrogens is 192 g/mol. The van der Waals surface area contributed by atoms with E-state index in [4.69, 9.17) is 0 Å². The van der Waals surface area contributed by atoms with Crippen LogP contribution in [0.1, 0.15) is 56.9 Å². The first-order chi connectivity index (χ1) is 7.52. The van der Waals surface area contributed by atoms with Gasteiger partial charge < -0.3 is 0 Å². The second-order valence-corrected chi connectivity index (χ2v) is 3.55. The minimum Gasteiger partial charge on any atom is -0.0955 e. The van der Waals surface area contributed by atoms with Crippen LogP contribution in [0.2, 0.25) is 0 Å². The molecule has 0 bridgehead atoms. The van der Waals surface area contributed by atoms with E-state index in [0.717, 1.165) is 5.57 Å². The van der Waals surface area contributed by atoms with E-state index in [1.807, 2.05) is 27.7 Å². The van der Waals surface area contributed by atoms with Gasteiger partial charge in [-0.1, -0.05) is 57.5 Å². The Kier molecular flexibility index (Phi) is 9.99. The van der Waals surface area contributed by atoms with E-state index in [2.05, 4.69) is 46.4 Å². The summed E-state index contributed by atoms with van der Waals surface area (Å²) in [6.45, 7) is 20.4. The van der Waals surface area contributed by atoms with Crippen molar-refractivity contribution >= 4 is 5.57 Å². The minimum atomic E-state index is 1.16. The van der Waals surface area contributed by atoms with E-state index in [-0.39, 0.29) is 0 Å². The molecule has 0 heterocycles. The molecule has 1 aromatic rings. The van der Waals surface area contributed by atoms with Crippen molar-refractivity contribution in [1.29, 1.82) is 0 Å². The molecule has 0 unspecified atom stereocenters. The van der Waals surface area contributed by atoms with Crippen molar-refractivity contribution in [3.05, 3.63) is 41.0 Å². The van der Waals surface area contributed by atoms with Gasteiger partial charge in [0.15, 0.2) is 0 Å². The quantitative estimate of drug-likeness (QED) is 0.569. The molecule has 0 aliphatic heterocycles. The Bertz CT molecular complexity index is 296. The van der Waals surface area contributed by atoms with Gasteiger partial charge in [0.05, 0.1) is 0 Å². The Morgan fingerprint density at radius 1 is 0.875 bits per heavy atom. The van der Waals surface area contributed by atoms with Gasteiger partial charge in [0.25, 0.3) is 0 Å². The van der Waals surface area contributed by atoms with Crippen molar-refractivity contribution in [2.75, 3.05) is 0 Å². The van der Waals surface area contributed by atoms with Gasteiger partial charge >= 0.3 is 0 Å². The van der Waals surface area contributed by atoms with Gasteiger partial charge in [-0.25, -0.2) is 0 Å². The van der Waals surface area contributed by atoms with Gasteiger partial charge in [-0.2, -0.15) is 0 Å². The van der Waals surface area contributed by atoms with Crippen LogP contribution < -0.4 is 0 Å². The molecule has 0 saturated carbocycles. The molecule has 0 N–H and O–H groups in total. The summed E-state index contributed by atoms with van der Waals surface area (Å²) >= 11 is 0. The highest BCUT2D eigenvalue weighted by Gasteiger charge is 2.02. The molecule has 0 saturated heterocycles. The highest BCUT2D eigenvalue weighted by atomic mass is 14.1. The van der Waals surface area contributed by atoms with E-state index in [9.17, 15) is 0 Å². The zero-order valence-corrected chi connectivity index (χ0v) is 12.4. The second kappa shape index (κ2) is 9.21. The van der Waals surface area contributed by atoms with E-state index < -0.39 is 0 Å². The lowest BCUT2D eigenvalue weighted by molar-refractivity contribution is 1.28. The maximum Gasteiger partial charge on any atom is -0.0174 e. The Labute approximate surface area is 102 Å². The molecule has 0 aliphatic carbocycles. The summed E-state index contributed by atoms with van der Waals surface area (Å²) in [6, 6.07) is 4.41. The van der Waals surface area contributed by atoms with Gasteiger partial charge in [0.2, 0.25) is 0 Å². The van der Waals surface area contributed by atoms with Crippen LogP contribution in [-0.4, -0.2) is 0 Å². The molecule has 0 amide bonds. The number of hydrogen-bond donors (Lipinski definition) is 0. The topological polar surface area (TPSA) is 0 Å². The van der Waals surface area contributed by atoms with Crippen LogP contribution in [0.15, 0.2) is 18.7 Å². The molecule has 0 fully saturated rings. The number of aryl methyl sites for hydroxylation is 3. The van der Waals surface area contributed by atoms with Crippen LogP contribution in [0.5, 0.6) is 0 Å². The Balaban J connectivity index is 0. The first kappa shape index (κ1) is 17.4. The van der Waals surface area contributed by atoms with Crippen LogP contribution in [-0.2, 0) is 0 Å². The summed E-state index contributed by atoms with van der Waals surface area (Å²) in [6.07, 6.45) is 0. The van der Waals surface area contributed by atoms with Crippen molar-refractivity contribution in [1.82, 2.24) is 0 Å². The summed E-state index contributed by atoms with van der Waals surface area (Å²) in [4.78, 5) is 0. The summed E-state index contributed by atoms with van der Waals surface area (Å²) in [7, 11) is 0. The Morgan fingerprint density at radius 3 is 1.44 bits per heavy atom. The van der Waals surface area contributed by atoms with Gasteiger partial charge in [0.1, 0.15) is 0 Å². The third kappa shape index (κ3) is 5.16. The van der Waals surface area contributed by atoms with Crippen LogP contribution in [0.25, 0.3) is 5.57 Å². The second-order valence-electron chi connectivity index (χ2n) is 3.55. The molecular formula is C16H28. The number of benzene rings is 1. The van der Waals surface area contributed by atoms with Crippen LogP contribution in [0.3, 0.4) is 0 Å². The first-order valence-corrected chi connectivity index (χ1v) is 6.26. The van der Waals surface area contributed by atoms with Crippen molar-refractivity contribution in [2.24, 2.45) is 0 Å². The lowest BCUT2D eigenvalue weighted by atomic mass is 9.95. The molecule has 0 aromatic heterocycles. The van der Waals surface area contributed by atoms with E-state index >= 15 is 0 Å². The van der Waals surface area contributed by atoms with E-state index in [1.54, 1.807) is 0 Å². The predicted octanol–water partition coefficient (Wildman–Crippen LogP) is 5.70. The molecule has 1 rings (SSSR count). The maximum atomic E-state index is 3.98. The van der Waals surface area contributed by atoms with Crippen LogP contribution in [0, 0.1) is 20.8 Å². The largest absolute Gasteiger partial charge is 0.0955 e. The third-order valence-electron chi connectivity index (χ3n) is 2.10. The molecule has 0 heteroatoms. The summed E-state index contributed by atoms with van der Waals surface area (Å²) in [5.74, 6) is 0. The standard InChI is InChI=1S/C12H16.2C2H6/c1-8(2)12-10(4)6-9(3)7-11(12)5;2*1-2/h6-7H,1H2,2-5H3;2*1-2H3. The Morgan fingerprint density at radius 2 is 1.19 bits per heavy atom. The fraction of sp³-hybridized carbons (Fsp3) is 0.500. The summed E-state index contributed by atoms with van der Waals surface area (Å²) in [5, 5.41) is 0. The molecule has 0 atom stereocenters. The average Bonchev–Trinajstić information content (AvgIpc) is 2.21. The summed E-state index contributed by atoms with van der Waals surface area (Å²) < 4.78 is 0. The lowest BCUT2D eigenvalue weighted by Crippen LogP contribution is -1.91. The highest BCUT2D eigenvalue weighted by molar-refractivity contribution is 5.67. The van der Waals surface area contributed by atoms with Gasteiger partial charge in [-0.3, -0.25) is 0 Å². The van der Waals surface area contributed by atoms with Crippen molar-refractivity contribution in [2.45, 2.75) is 55.4 Å². The molecule has 0 radical (unpaired) electrons. The average molecular weight is 220 g/mol. The summed E-state index contributed by atoms with van der Waals surface area (Å²) in [5.41, 5.74) is 6.47. The lowest BCUT2D eigenvalue weighted by Gasteiger charge is -2.10. The Hall–Kier alpha value is -1.04. The number of hydrogen-bond acceptors (Lipinski definition) is 0. The van der Waals surface area contributed by atoms with Crippen molar-refractivity contribution < 1.29 is 0 Å². The van der Waals surface area contributed by atoms with Crippen molar-refractivity contribution in [3.63, 3.8) is 0 Å². The smallest absolute Gasteiger partial charge is 0.0174 e. The van der Waals surface area contributed by atoms with E-state index in [0.29, 0.717) is 0 Å². The van der Waals surface area contributed by atoms with Gasteiger partial charge in [0, 0.05) is 0 Å². The minimum absolute atomic E-state index is 1.16. The van der Waals surface area contributed by atoms with Gasteiger partial charge in [-0.05, 0) is 44.4 Å². The molecule has 0 nitrogen and oxygen atoms in total. The third-order valence-corrected chi connectivity index (χ3v) is 2.10. The molecule has 92 valence electrons. The monoisotopic (exact) mass is 220 g/mol. The first-order valence-electron chi connectivity index (χ1n) is 6.26. The van der Waals surface area contributed by atoms with Crippen LogP contribution in [0.4, 0.5) is 0 Å². The predicted molar refractivity (Wildman–Crippen MR) is 78.1 cm³/mol. The molecule has 1 aromatic carbocycles. The fourth-order valence-corrected chi connectivity index (χ4v) is 1.85.